The monoisotopic (exact) mass is 277 g/mol. The number of hydrogen-bond donors (Lipinski definition) is 0. The predicted octanol–water partition coefficient (Wildman–Crippen LogP) is 3.77. The molecular weight excluding hydrogens is 253 g/mol. The molecule has 1 aliphatic rings. The summed E-state index contributed by atoms with van der Waals surface area (Å²) >= 11 is 0. The van der Waals surface area contributed by atoms with Crippen LogP contribution >= 0.6 is 0 Å². The van der Waals surface area contributed by atoms with E-state index in [0.717, 1.165) is 19.6 Å². The first-order chi connectivity index (χ1) is 9.36. The number of ketones is 1. The number of Topliss-reactive ketones (excluding diaryl/α,β-unsaturated/α-hetero) is 1. The summed E-state index contributed by atoms with van der Waals surface area (Å²) in [7, 11) is 0. The fourth-order valence-corrected chi connectivity index (χ4v) is 2.78. The van der Waals surface area contributed by atoms with E-state index in [-0.39, 0.29) is 11.6 Å². The number of likely N-dealkylation sites (tertiary alicyclic amines) is 1. The number of benzene rings is 1. The Balaban J connectivity index is 1.81. The molecule has 0 saturated carbocycles. The molecule has 0 amide bonds. The summed E-state index contributed by atoms with van der Waals surface area (Å²) < 4.78 is 12.8. The lowest BCUT2D eigenvalue weighted by molar-refractivity contribution is 0.0967. The first kappa shape index (κ1) is 15.2. The molecule has 3 heteroatoms. The summed E-state index contributed by atoms with van der Waals surface area (Å²) in [4.78, 5) is 14.4. The van der Waals surface area contributed by atoms with Gasteiger partial charge in [-0.25, -0.2) is 4.39 Å². The van der Waals surface area contributed by atoms with Crippen LogP contribution in [0.15, 0.2) is 24.3 Å². The van der Waals surface area contributed by atoms with Crippen LogP contribution in [0.3, 0.4) is 0 Å². The third-order valence-corrected chi connectivity index (χ3v) is 4.32. The SMILES string of the molecule is CC(C)(C)C1CCN(CCC(=O)c2ccc(F)cc2)C1. The lowest BCUT2D eigenvalue weighted by Gasteiger charge is -2.27. The van der Waals surface area contributed by atoms with E-state index < -0.39 is 0 Å². The minimum atomic E-state index is -0.297. The third kappa shape index (κ3) is 3.89. The molecule has 1 unspecified atom stereocenters. The summed E-state index contributed by atoms with van der Waals surface area (Å²) in [6.07, 6.45) is 1.73. The van der Waals surface area contributed by atoms with Gasteiger partial charge in [0.05, 0.1) is 0 Å². The van der Waals surface area contributed by atoms with Crippen molar-refractivity contribution in [1.29, 1.82) is 0 Å². The van der Waals surface area contributed by atoms with Gasteiger partial charge in [-0.2, -0.15) is 0 Å². The van der Waals surface area contributed by atoms with Gasteiger partial charge in [-0.3, -0.25) is 4.79 Å². The molecule has 20 heavy (non-hydrogen) atoms. The Hall–Kier alpha value is -1.22. The van der Waals surface area contributed by atoms with Crippen LogP contribution < -0.4 is 0 Å². The molecule has 0 spiro atoms. The topological polar surface area (TPSA) is 20.3 Å². The second-order valence-electron chi connectivity index (χ2n) is 6.83. The maximum Gasteiger partial charge on any atom is 0.164 e. The highest BCUT2D eigenvalue weighted by molar-refractivity contribution is 5.96. The second kappa shape index (κ2) is 6.04. The standard InChI is InChI=1S/C17H24FNO/c1-17(2,3)14-8-10-19(12-14)11-9-16(20)13-4-6-15(18)7-5-13/h4-7,14H,8-12H2,1-3H3. The van der Waals surface area contributed by atoms with Crippen LogP contribution in [0.25, 0.3) is 0 Å². The minimum absolute atomic E-state index is 0.101. The third-order valence-electron chi connectivity index (χ3n) is 4.32. The number of halogens is 1. The van der Waals surface area contributed by atoms with Crippen LogP contribution in [-0.2, 0) is 0 Å². The smallest absolute Gasteiger partial charge is 0.164 e. The first-order valence-electron chi connectivity index (χ1n) is 7.37. The maximum atomic E-state index is 12.8. The summed E-state index contributed by atoms with van der Waals surface area (Å²) in [5.74, 6) is 0.516. The van der Waals surface area contributed by atoms with Gasteiger partial charge in [0.25, 0.3) is 0 Å². The van der Waals surface area contributed by atoms with E-state index in [4.69, 9.17) is 0 Å². The Morgan fingerprint density at radius 3 is 2.50 bits per heavy atom. The molecule has 1 aliphatic heterocycles. The Bertz CT molecular complexity index is 461. The molecule has 0 aliphatic carbocycles. The predicted molar refractivity (Wildman–Crippen MR) is 79.3 cm³/mol. The molecule has 0 bridgehead atoms. The Morgan fingerprint density at radius 1 is 1.30 bits per heavy atom. The average Bonchev–Trinajstić information content (AvgIpc) is 2.85. The molecule has 0 N–H and O–H groups in total. The van der Waals surface area contributed by atoms with Crippen LogP contribution in [0.2, 0.25) is 0 Å². The highest BCUT2D eigenvalue weighted by atomic mass is 19.1. The Labute approximate surface area is 121 Å². The van der Waals surface area contributed by atoms with Crippen LogP contribution in [0.5, 0.6) is 0 Å². The van der Waals surface area contributed by atoms with E-state index in [1.807, 2.05) is 0 Å². The molecule has 1 fully saturated rings. The molecule has 1 heterocycles. The zero-order valence-corrected chi connectivity index (χ0v) is 12.7. The quantitative estimate of drug-likeness (QED) is 0.781. The van der Waals surface area contributed by atoms with Crippen molar-refractivity contribution in [3.05, 3.63) is 35.6 Å². The molecule has 1 aromatic rings. The van der Waals surface area contributed by atoms with Crippen LogP contribution in [0.1, 0.15) is 44.0 Å². The van der Waals surface area contributed by atoms with Gasteiger partial charge in [0.1, 0.15) is 5.82 Å². The molecule has 0 radical (unpaired) electrons. The van der Waals surface area contributed by atoms with E-state index in [9.17, 15) is 9.18 Å². The van der Waals surface area contributed by atoms with Gasteiger partial charge < -0.3 is 4.90 Å². The van der Waals surface area contributed by atoms with Crippen LogP contribution in [0, 0.1) is 17.2 Å². The molecular formula is C17H24FNO. The first-order valence-corrected chi connectivity index (χ1v) is 7.37. The van der Waals surface area contributed by atoms with Gasteiger partial charge in [0.2, 0.25) is 0 Å². The number of hydrogen-bond acceptors (Lipinski definition) is 2. The summed E-state index contributed by atoms with van der Waals surface area (Å²) in [5, 5.41) is 0. The van der Waals surface area contributed by atoms with Gasteiger partial charge in [0, 0.05) is 25.1 Å². The van der Waals surface area contributed by atoms with Crippen molar-refractivity contribution < 1.29 is 9.18 Å². The Kier molecular flexibility index (Phi) is 4.59. The van der Waals surface area contributed by atoms with Gasteiger partial charge in [-0.15, -0.1) is 0 Å². The minimum Gasteiger partial charge on any atom is -0.303 e. The number of carbonyl (C=O) groups is 1. The fourth-order valence-electron chi connectivity index (χ4n) is 2.78. The van der Waals surface area contributed by atoms with E-state index in [0.29, 0.717) is 23.3 Å². The molecule has 0 aromatic heterocycles. The summed E-state index contributed by atoms with van der Waals surface area (Å²) in [6, 6.07) is 5.83. The van der Waals surface area contributed by atoms with Gasteiger partial charge >= 0.3 is 0 Å². The zero-order chi connectivity index (χ0) is 14.8. The molecule has 2 nitrogen and oxygen atoms in total. The van der Waals surface area contributed by atoms with Crippen LogP contribution in [0.4, 0.5) is 4.39 Å². The van der Waals surface area contributed by atoms with Gasteiger partial charge in [-0.1, -0.05) is 20.8 Å². The molecule has 2 rings (SSSR count). The lowest BCUT2D eigenvalue weighted by atomic mass is 9.80. The van der Waals surface area contributed by atoms with Crippen LogP contribution in [-0.4, -0.2) is 30.3 Å². The summed E-state index contributed by atoms with van der Waals surface area (Å²) in [5.41, 5.74) is 0.952. The van der Waals surface area contributed by atoms with Crippen molar-refractivity contribution in [3.8, 4) is 0 Å². The maximum absolute atomic E-state index is 12.8. The normalized spacial score (nSPS) is 20.3. The van der Waals surface area contributed by atoms with Gasteiger partial charge in [0.15, 0.2) is 5.78 Å². The largest absolute Gasteiger partial charge is 0.303 e. The Morgan fingerprint density at radius 2 is 1.95 bits per heavy atom. The highest BCUT2D eigenvalue weighted by Gasteiger charge is 2.31. The fraction of sp³-hybridized carbons (Fsp3) is 0.588. The van der Waals surface area contributed by atoms with E-state index in [1.165, 1.54) is 18.6 Å². The number of nitrogens with zero attached hydrogens (tertiary/aromatic N) is 1. The number of carbonyl (C=O) groups excluding carboxylic acids is 1. The molecule has 110 valence electrons. The second-order valence-corrected chi connectivity index (χ2v) is 6.83. The van der Waals surface area contributed by atoms with Crippen molar-refractivity contribution in [1.82, 2.24) is 4.90 Å². The van der Waals surface area contributed by atoms with Crippen molar-refractivity contribution in [3.63, 3.8) is 0 Å². The average molecular weight is 277 g/mol. The summed E-state index contributed by atoms with van der Waals surface area (Å²) in [6.45, 7) is 9.82. The van der Waals surface area contributed by atoms with Crippen molar-refractivity contribution in [2.75, 3.05) is 19.6 Å². The number of rotatable bonds is 4. The van der Waals surface area contributed by atoms with Gasteiger partial charge in [-0.05, 0) is 48.6 Å². The lowest BCUT2D eigenvalue weighted by Crippen LogP contribution is -2.27. The van der Waals surface area contributed by atoms with E-state index in [1.54, 1.807) is 12.1 Å². The van der Waals surface area contributed by atoms with Crippen molar-refractivity contribution in [2.24, 2.45) is 11.3 Å². The van der Waals surface area contributed by atoms with E-state index in [2.05, 4.69) is 25.7 Å². The molecule has 1 aromatic carbocycles. The zero-order valence-electron chi connectivity index (χ0n) is 12.7. The van der Waals surface area contributed by atoms with Crippen molar-refractivity contribution in [2.45, 2.75) is 33.6 Å². The highest BCUT2D eigenvalue weighted by Crippen LogP contribution is 2.33. The van der Waals surface area contributed by atoms with Crippen molar-refractivity contribution >= 4 is 5.78 Å². The van der Waals surface area contributed by atoms with E-state index >= 15 is 0 Å². The molecule has 1 atom stereocenters. The molecule has 1 saturated heterocycles.